The first-order valence-electron chi connectivity index (χ1n) is 4.12. The lowest BCUT2D eigenvalue weighted by atomic mass is 10.1. The van der Waals surface area contributed by atoms with Gasteiger partial charge in [-0.15, -0.1) is 0 Å². The van der Waals surface area contributed by atoms with Crippen molar-refractivity contribution in [3.05, 3.63) is 42.4 Å². The molecule has 0 unspecified atom stereocenters. The second-order valence-electron chi connectivity index (χ2n) is 2.48. The molecule has 0 heterocycles. The van der Waals surface area contributed by atoms with E-state index in [9.17, 15) is 0 Å². The Kier molecular flexibility index (Phi) is 1.72. The van der Waals surface area contributed by atoms with Crippen LogP contribution in [0.4, 0.5) is 0 Å². The quantitative estimate of drug-likeness (QED) is 0.673. The molecular weight excluding hydrogens is 168 g/mol. The fraction of sp³-hybridized carbons (Fsp3) is 0. The van der Waals surface area contributed by atoms with E-state index in [0.29, 0.717) is 6.04 Å². The van der Waals surface area contributed by atoms with E-state index in [1.54, 1.807) is 6.07 Å². The van der Waals surface area contributed by atoms with Crippen molar-refractivity contribution in [3.8, 4) is 0 Å². The van der Waals surface area contributed by atoms with Crippen molar-refractivity contribution >= 4 is 22.8 Å². The fourth-order valence-electron chi connectivity index (χ4n) is 1.20. The molecule has 60 valence electrons. The highest BCUT2D eigenvalue weighted by Gasteiger charge is 1.97. The van der Waals surface area contributed by atoms with Crippen LogP contribution in [0.5, 0.6) is 0 Å². The van der Waals surface area contributed by atoms with E-state index in [4.69, 9.17) is 5.92 Å². The van der Waals surface area contributed by atoms with Crippen LogP contribution >= 0.6 is 12.0 Å². The van der Waals surface area contributed by atoms with Gasteiger partial charge in [0.05, 0.1) is 1.37 Å². The normalized spacial score (nSPS) is 11.6. The predicted octanol–water partition coefficient (Wildman–Crippen LogP) is 3.40. The van der Waals surface area contributed by atoms with Gasteiger partial charge in [-0.25, -0.2) is 0 Å². The summed E-state index contributed by atoms with van der Waals surface area (Å²) in [6.07, 6.45) is 0. The summed E-state index contributed by atoms with van der Waals surface area (Å²) in [5.41, 5.74) is 0. The van der Waals surface area contributed by atoms with Crippen LogP contribution in [0.2, 0.25) is 0 Å². The summed E-state index contributed by atoms with van der Waals surface area (Å²) in [6.45, 7) is 0. The lowest BCUT2D eigenvalue weighted by Crippen LogP contribution is -1.74. The molecule has 0 bridgehead atoms. The minimum absolute atomic E-state index is 0.494. The average molecular weight is 177 g/mol. The highest BCUT2D eigenvalue weighted by molar-refractivity contribution is 7.94. The van der Waals surface area contributed by atoms with Gasteiger partial charge >= 0.3 is 0 Å². The Morgan fingerprint density at radius 1 is 1.17 bits per heavy atom. The third-order valence-electron chi connectivity index (χ3n) is 1.76. The van der Waals surface area contributed by atoms with Crippen LogP contribution in [0.3, 0.4) is 0 Å². The molecule has 0 saturated heterocycles. The zero-order chi connectivity index (χ0) is 9.26. The van der Waals surface area contributed by atoms with Gasteiger partial charge in [0.2, 0.25) is 0 Å². The van der Waals surface area contributed by atoms with E-state index < -0.39 is 0 Å². The summed E-state index contributed by atoms with van der Waals surface area (Å²) in [7, 11) is 0. The van der Waals surface area contributed by atoms with E-state index in [0.717, 1.165) is 27.7 Å². The Balaban J connectivity index is 2.84. The van der Waals surface area contributed by atoms with Gasteiger partial charge in [0, 0.05) is 16.9 Å². The standard InChI is InChI=1S/C10H8OS/c11-12-10-7-3-5-8-4-1-2-6-9(8)10/h1-7,11H/i4D. The number of benzene rings is 2. The molecule has 2 aromatic rings. The van der Waals surface area contributed by atoms with Crippen molar-refractivity contribution in [1.29, 1.82) is 0 Å². The third kappa shape index (κ3) is 1.19. The molecule has 0 aliphatic carbocycles. The molecule has 2 heteroatoms. The van der Waals surface area contributed by atoms with Crippen molar-refractivity contribution in [3.63, 3.8) is 0 Å². The summed E-state index contributed by atoms with van der Waals surface area (Å²) in [6, 6.07) is 11.5. The summed E-state index contributed by atoms with van der Waals surface area (Å²) in [5.74, 6) is 0. The number of rotatable bonds is 1. The minimum Gasteiger partial charge on any atom is -0.325 e. The Bertz CT molecular complexity index is 442. The van der Waals surface area contributed by atoms with Crippen LogP contribution in [0, 0.1) is 0 Å². The van der Waals surface area contributed by atoms with E-state index in [1.165, 1.54) is 0 Å². The van der Waals surface area contributed by atoms with Crippen molar-refractivity contribution in [2.24, 2.45) is 0 Å². The Morgan fingerprint density at radius 3 is 2.92 bits per heavy atom. The lowest BCUT2D eigenvalue weighted by Gasteiger charge is -2.00. The van der Waals surface area contributed by atoms with Gasteiger partial charge in [0.1, 0.15) is 0 Å². The minimum atomic E-state index is 0.494. The highest BCUT2D eigenvalue weighted by atomic mass is 32.2. The molecule has 1 nitrogen and oxygen atoms in total. The molecule has 12 heavy (non-hydrogen) atoms. The molecule has 0 radical (unpaired) electrons. The lowest BCUT2D eigenvalue weighted by molar-refractivity contribution is 0.664. The molecule has 0 fully saturated rings. The van der Waals surface area contributed by atoms with E-state index >= 15 is 0 Å². The van der Waals surface area contributed by atoms with Crippen molar-refractivity contribution in [2.75, 3.05) is 0 Å². The molecule has 2 aromatic carbocycles. The SMILES string of the molecule is [2H]c1cccc2c(SO)cccc12. The maximum absolute atomic E-state index is 8.98. The largest absolute Gasteiger partial charge is 0.325 e. The van der Waals surface area contributed by atoms with Crippen molar-refractivity contribution < 1.29 is 5.92 Å². The first-order chi connectivity index (χ1) is 6.33. The van der Waals surface area contributed by atoms with Gasteiger partial charge in [-0.3, -0.25) is 0 Å². The Labute approximate surface area is 76.6 Å². The zero-order valence-electron chi connectivity index (χ0n) is 7.32. The molecule has 0 saturated carbocycles. The van der Waals surface area contributed by atoms with Crippen LogP contribution in [0.1, 0.15) is 1.37 Å². The van der Waals surface area contributed by atoms with Crippen LogP contribution in [-0.4, -0.2) is 4.55 Å². The summed E-state index contributed by atoms with van der Waals surface area (Å²) >= 11 is 0.724. The summed E-state index contributed by atoms with van der Waals surface area (Å²) < 4.78 is 16.6. The molecule has 0 aromatic heterocycles. The van der Waals surface area contributed by atoms with Crippen molar-refractivity contribution in [2.45, 2.75) is 4.90 Å². The molecular formula is C10H8OS. The maximum atomic E-state index is 8.98. The van der Waals surface area contributed by atoms with Gasteiger partial charge in [-0.2, -0.15) is 0 Å². The topological polar surface area (TPSA) is 20.2 Å². The van der Waals surface area contributed by atoms with Crippen LogP contribution in [-0.2, 0) is 0 Å². The monoisotopic (exact) mass is 177 g/mol. The second kappa shape index (κ2) is 3.17. The Hall–Kier alpha value is -0.990. The van der Waals surface area contributed by atoms with E-state index in [2.05, 4.69) is 0 Å². The smallest absolute Gasteiger partial charge is 0.0629 e. The number of hydrogen-bond acceptors (Lipinski definition) is 2. The van der Waals surface area contributed by atoms with E-state index in [1.807, 2.05) is 30.3 Å². The molecule has 0 amide bonds. The molecule has 1 N–H and O–H groups in total. The molecule has 2 rings (SSSR count). The number of hydrogen-bond donors (Lipinski definition) is 1. The molecule has 0 spiro atoms. The predicted molar refractivity (Wildman–Crippen MR) is 52.4 cm³/mol. The first-order valence-corrected chi connectivity index (χ1v) is 4.40. The molecule has 0 atom stereocenters. The first kappa shape index (κ1) is 6.52. The zero-order valence-corrected chi connectivity index (χ0v) is 7.14. The van der Waals surface area contributed by atoms with Gasteiger partial charge in [0.25, 0.3) is 0 Å². The van der Waals surface area contributed by atoms with E-state index in [-0.39, 0.29) is 0 Å². The van der Waals surface area contributed by atoms with Crippen LogP contribution in [0.15, 0.2) is 47.3 Å². The van der Waals surface area contributed by atoms with Gasteiger partial charge in [-0.1, -0.05) is 36.4 Å². The molecule has 0 aliphatic rings. The summed E-state index contributed by atoms with van der Waals surface area (Å²) in [4.78, 5) is 0.798. The fourth-order valence-corrected chi connectivity index (χ4v) is 1.62. The summed E-state index contributed by atoms with van der Waals surface area (Å²) in [5, 5.41) is 1.81. The second-order valence-corrected chi connectivity index (χ2v) is 3.10. The Morgan fingerprint density at radius 2 is 2.08 bits per heavy atom. The van der Waals surface area contributed by atoms with Crippen LogP contribution in [0.25, 0.3) is 10.8 Å². The molecule has 0 aliphatic heterocycles. The average Bonchev–Trinajstić information content (AvgIpc) is 2.18. The van der Waals surface area contributed by atoms with Gasteiger partial charge < -0.3 is 4.55 Å². The highest BCUT2D eigenvalue weighted by Crippen LogP contribution is 2.25. The van der Waals surface area contributed by atoms with Crippen molar-refractivity contribution in [1.82, 2.24) is 0 Å². The maximum Gasteiger partial charge on any atom is 0.0629 e. The van der Waals surface area contributed by atoms with Gasteiger partial charge in [-0.05, 0) is 16.8 Å². The third-order valence-corrected chi connectivity index (χ3v) is 2.32. The van der Waals surface area contributed by atoms with Gasteiger partial charge in [0.15, 0.2) is 0 Å². The van der Waals surface area contributed by atoms with Crippen LogP contribution < -0.4 is 0 Å². The number of fused-ring (bicyclic) bond motifs is 1.